The molecule has 2 rings (SSSR count). The monoisotopic (exact) mass is 276 g/mol. The van der Waals surface area contributed by atoms with Crippen LogP contribution in [0.15, 0.2) is 24.3 Å². The number of ketones is 1. The molecule has 0 saturated heterocycles. The predicted octanol–water partition coefficient (Wildman–Crippen LogP) is 4.01. The average molecular weight is 276 g/mol. The van der Waals surface area contributed by atoms with Gasteiger partial charge >= 0.3 is 0 Å². The number of carbonyl (C=O) groups excluding carboxylic acids is 1. The van der Waals surface area contributed by atoms with Crippen molar-refractivity contribution in [1.29, 1.82) is 0 Å². The number of ether oxygens (including phenoxy) is 2. The zero-order chi connectivity index (χ0) is 14.6. The summed E-state index contributed by atoms with van der Waals surface area (Å²) >= 11 is 0. The van der Waals surface area contributed by atoms with E-state index >= 15 is 0 Å². The maximum Gasteiger partial charge on any atom is 0.194 e. The lowest BCUT2D eigenvalue weighted by Crippen LogP contribution is -2.38. The minimum Gasteiger partial charge on any atom is -0.491 e. The molecule has 1 fully saturated rings. The van der Waals surface area contributed by atoms with Crippen molar-refractivity contribution in [2.45, 2.75) is 58.2 Å². The fraction of sp³-hybridized carbons (Fsp3) is 0.588. The van der Waals surface area contributed by atoms with Crippen LogP contribution in [0.25, 0.3) is 0 Å². The van der Waals surface area contributed by atoms with Crippen molar-refractivity contribution in [3.63, 3.8) is 0 Å². The molecule has 1 aromatic rings. The molecule has 20 heavy (non-hydrogen) atoms. The van der Waals surface area contributed by atoms with E-state index in [1.165, 1.54) is 0 Å². The van der Waals surface area contributed by atoms with Crippen molar-refractivity contribution in [2.24, 2.45) is 0 Å². The van der Waals surface area contributed by atoms with Crippen LogP contribution in [0.5, 0.6) is 5.75 Å². The van der Waals surface area contributed by atoms with E-state index < -0.39 is 5.60 Å². The lowest BCUT2D eigenvalue weighted by atomic mass is 9.91. The van der Waals surface area contributed by atoms with Gasteiger partial charge in [-0.1, -0.05) is 12.1 Å². The maximum atomic E-state index is 12.8. The third-order valence-corrected chi connectivity index (χ3v) is 3.71. The molecule has 0 aromatic heterocycles. The first-order valence-electron chi connectivity index (χ1n) is 7.53. The number of carbonyl (C=O) groups is 1. The molecule has 1 saturated carbocycles. The third-order valence-electron chi connectivity index (χ3n) is 3.71. The Labute approximate surface area is 121 Å². The summed E-state index contributed by atoms with van der Waals surface area (Å²) in [4.78, 5) is 12.8. The quantitative estimate of drug-likeness (QED) is 0.736. The van der Waals surface area contributed by atoms with Crippen molar-refractivity contribution < 1.29 is 14.3 Å². The Kier molecular flexibility index (Phi) is 4.81. The number of hydrogen-bond donors (Lipinski definition) is 0. The molecule has 0 radical (unpaired) electrons. The van der Waals surface area contributed by atoms with Crippen LogP contribution in [0.3, 0.4) is 0 Å². The summed E-state index contributed by atoms with van der Waals surface area (Å²) in [5.74, 6) is 0.849. The van der Waals surface area contributed by atoms with E-state index in [-0.39, 0.29) is 11.9 Å². The van der Waals surface area contributed by atoms with Crippen LogP contribution in [0, 0.1) is 0 Å². The number of rotatable bonds is 6. The maximum absolute atomic E-state index is 12.8. The van der Waals surface area contributed by atoms with Gasteiger partial charge in [0, 0.05) is 12.2 Å². The highest BCUT2D eigenvalue weighted by Crippen LogP contribution is 2.36. The van der Waals surface area contributed by atoms with Gasteiger partial charge < -0.3 is 9.47 Å². The van der Waals surface area contributed by atoms with Gasteiger partial charge in [-0.15, -0.1) is 0 Å². The highest BCUT2D eigenvalue weighted by atomic mass is 16.5. The summed E-state index contributed by atoms with van der Waals surface area (Å²) < 4.78 is 11.5. The van der Waals surface area contributed by atoms with Crippen molar-refractivity contribution in [3.8, 4) is 5.75 Å². The van der Waals surface area contributed by atoms with Crippen molar-refractivity contribution in [1.82, 2.24) is 0 Å². The number of benzene rings is 1. The van der Waals surface area contributed by atoms with E-state index in [9.17, 15) is 4.79 Å². The molecular weight excluding hydrogens is 252 g/mol. The molecule has 1 aromatic carbocycles. The molecule has 0 spiro atoms. The van der Waals surface area contributed by atoms with Gasteiger partial charge in [-0.2, -0.15) is 0 Å². The normalized spacial score (nSPS) is 17.4. The Morgan fingerprint density at radius 2 is 2.00 bits per heavy atom. The average Bonchev–Trinajstić information content (AvgIpc) is 2.87. The molecule has 0 unspecified atom stereocenters. The molecule has 3 nitrogen and oxygen atoms in total. The van der Waals surface area contributed by atoms with Crippen LogP contribution in [0.4, 0.5) is 0 Å². The SMILES string of the molecule is CCOC1(C(=O)c2cccc(OC(C)C)c2)CCCC1. The molecule has 110 valence electrons. The van der Waals surface area contributed by atoms with E-state index in [4.69, 9.17) is 9.47 Å². The van der Waals surface area contributed by atoms with Crippen LogP contribution >= 0.6 is 0 Å². The third kappa shape index (κ3) is 3.21. The first kappa shape index (κ1) is 15.0. The smallest absolute Gasteiger partial charge is 0.194 e. The molecule has 0 bridgehead atoms. The highest BCUT2D eigenvalue weighted by molar-refractivity contribution is 6.03. The second-order valence-corrected chi connectivity index (χ2v) is 5.66. The van der Waals surface area contributed by atoms with Crippen molar-refractivity contribution in [3.05, 3.63) is 29.8 Å². The fourth-order valence-electron chi connectivity index (χ4n) is 2.91. The second kappa shape index (κ2) is 6.40. The van der Waals surface area contributed by atoms with E-state index in [1.807, 2.05) is 45.0 Å². The Morgan fingerprint density at radius 1 is 1.30 bits per heavy atom. The first-order valence-corrected chi connectivity index (χ1v) is 7.53. The number of Topliss-reactive ketones (excluding diaryl/α,β-unsaturated/α-hetero) is 1. The zero-order valence-electron chi connectivity index (χ0n) is 12.6. The standard InChI is InChI=1S/C17H24O3/c1-4-19-17(10-5-6-11-17)16(18)14-8-7-9-15(12-14)20-13(2)3/h7-9,12-13H,4-6,10-11H2,1-3H3. The highest BCUT2D eigenvalue weighted by Gasteiger charge is 2.42. The van der Waals surface area contributed by atoms with Crippen LogP contribution in [0.2, 0.25) is 0 Å². The molecule has 3 heteroatoms. The van der Waals surface area contributed by atoms with Gasteiger partial charge in [-0.05, 0) is 58.6 Å². The predicted molar refractivity (Wildman–Crippen MR) is 79.4 cm³/mol. The summed E-state index contributed by atoms with van der Waals surface area (Å²) in [6, 6.07) is 7.45. The lowest BCUT2D eigenvalue weighted by Gasteiger charge is -2.27. The van der Waals surface area contributed by atoms with Gasteiger partial charge in [0.2, 0.25) is 0 Å². The molecule has 0 atom stereocenters. The summed E-state index contributed by atoms with van der Waals surface area (Å²) in [5, 5.41) is 0. The van der Waals surface area contributed by atoms with Gasteiger partial charge in [0.05, 0.1) is 6.10 Å². The van der Waals surface area contributed by atoms with Crippen LogP contribution < -0.4 is 4.74 Å². The fourth-order valence-corrected chi connectivity index (χ4v) is 2.91. The molecule has 0 heterocycles. The van der Waals surface area contributed by atoms with Gasteiger partial charge in [0.1, 0.15) is 11.4 Å². The minimum absolute atomic E-state index is 0.103. The Balaban J connectivity index is 2.23. The van der Waals surface area contributed by atoms with Crippen LogP contribution in [-0.2, 0) is 4.74 Å². The largest absolute Gasteiger partial charge is 0.491 e. The van der Waals surface area contributed by atoms with E-state index in [0.29, 0.717) is 12.2 Å². The van der Waals surface area contributed by atoms with Gasteiger partial charge in [-0.3, -0.25) is 4.79 Å². The topological polar surface area (TPSA) is 35.5 Å². The molecule has 0 aliphatic heterocycles. The van der Waals surface area contributed by atoms with Gasteiger partial charge in [0.25, 0.3) is 0 Å². The first-order chi connectivity index (χ1) is 9.57. The molecule has 1 aliphatic carbocycles. The zero-order valence-corrected chi connectivity index (χ0v) is 12.6. The number of hydrogen-bond acceptors (Lipinski definition) is 3. The summed E-state index contributed by atoms with van der Waals surface area (Å²) in [6.07, 6.45) is 3.89. The molecule has 0 N–H and O–H groups in total. The second-order valence-electron chi connectivity index (χ2n) is 5.66. The summed E-state index contributed by atoms with van der Waals surface area (Å²) in [6.45, 7) is 6.49. The minimum atomic E-state index is -0.606. The lowest BCUT2D eigenvalue weighted by molar-refractivity contribution is -0.0163. The van der Waals surface area contributed by atoms with Crippen molar-refractivity contribution in [2.75, 3.05) is 6.61 Å². The molecule has 0 amide bonds. The van der Waals surface area contributed by atoms with E-state index in [1.54, 1.807) is 0 Å². The van der Waals surface area contributed by atoms with E-state index in [2.05, 4.69) is 0 Å². The Morgan fingerprint density at radius 3 is 2.60 bits per heavy atom. The summed E-state index contributed by atoms with van der Waals surface area (Å²) in [5.41, 5.74) is 0.0871. The molecule has 1 aliphatic rings. The summed E-state index contributed by atoms with van der Waals surface area (Å²) in [7, 11) is 0. The van der Waals surface area contributed by atoms with Crippen LogP contribution in [0.1, 0.15) is 56.8 Å². The Bertz CT molecular complexity index is 459. The van der Waals surface area contributed by atoms with Crippen LogP contribution in [-0.4, -0.2) is 24.1 Å². The Hall–Kier alpha value is -1.35. The molecular formula is C17H24O3. The van der Waals surface area contributed by atoms with Gasteiger partial charge in [-0.25, -0.2) is 0 Å². The van der Waals surface area contributed by atoms with Gasteiger partial charge in [0.15, 0.2) is 5.78 Å². The van der Waals surface area contributed by atoms with Crippen molar-refractivity contribution >= 4 is 5.78 Å². The van der Waals surface area contributed by atoms with E-state index in [0.717, 1.165) is 31.4 Å².